The first-order valence-electron chi connectivity index (χ1n) is 5.30. The van der Waals surface area contributed by atoms with Gasteiger partial charge in [0.15, 0.2) is 0 Å². The zero-order valence-electron chi connectivity index (χ0n) is 8.32. The van der Waals surface area contributed by atoms with E-state index in [0.29, 0.717) is 18.9 Å². The summed E-state index contributed by atoms with van der Waals surface area (Å²) in [5.74, 6) is 0.693. The van der Waals surface area contributed by atoms with Crippen LogP contribution in [0.5, 0.6) is 0 Å². The van der Waals surface area contributed by atoms with Gasteiger partial charge in [0.2, 0.25) is 0 Å². The quantitative estimate of drug-likeness (QED) is 0.764. The van der Waals surface area contributed by atoms with Gasteiger partial charge in [-0.2, -0.15) is 0 Å². The second kappa shape index (κ2) is 4.11. The Morgan fingerprint density at radius 1 is 1.36 bits per heavy atom. The van der Waals surface area contributed by atoms with Crippen molar-refractivity contribution >= 4 is 0 Å². The van der Waals surface area contributed by atoms with Crippen molar-refractivity contribution in [3.05, 3.63) is 35.4 Å². The molecule has 1 saturated carbocycles. The normalized spacial score (nSPS) is 18.1. The predicted molar refractivity (Wildman–Crippen MR) is 57.0 cm³/mol. The van der Waals surface area contributed by atoms with Crippen LogP contribution in [0.25, 0.3) is 0 Å². The Labute approximate surface area is 84.7 Å². The van der Waals surface area contributed by atoms with Gasteiger partial charge in [-0.15, -0.1) is 0 Å². The highest BCUT2D eigenvalue weighted by atomic mass is 16.3. The topological polar surface area (TPSA) is 46.2 Å². The van der Waals surface area contributed by atoms with Crippen molar-refractivity contribution in [2.24, 2.45) is 5.73 Å². The Balaban J connectivity index is 2.21. The molecule has 2 heteroatoms. The number of hydrogen-bond acceptors (Lipinski definition) is 2. The van der Waals surface area contributed by atoms with E-state index in [1.165, 1.54) is 18.4 Å². The molecule has 1 fully saturated rings. The van der Waals surface area contributed by atoms with Gasteiger partial charge in [-0.1, -0.05) is 24.3 Å². The van der Waals surface area contributed by atoms with Crippen LogP contribution in [0.4, 0.5) is 0 Å². The number of hydrogen-bond donors (Lipinski definition) is 2. The van der Waals surface area contributed by atoms with Gasteiger partial charge in [0.05, 0.1) is 6.10 Å². The minimum absolute atomic E-state index is 0.378. The van der Waals surface area contributed by atoms with Gasteiger partial charge in [-0.3, -0.25) is 0 Å². The standard InChI is InChI=1S/C12H17NO/c13-8-7-12(14)11-4-2-1-3-10(11)9-5-6-9/h1-4,9,12,14H,5-8,13H2/t12-/m0/s1. The summed E-state index contributed by atoms with van der Waals surface area (Å²) < 4.78 is 0. The summed E-state index contributed by atoms with van der Waals surface area (Å²) in [7, 11) is 0. The van der Waals surface area contributed by atoms with Crippen molar-refractivity contribution in [3.8, 4) is 0 Å². The predicted octanol–water partition coefficient (Wildman–Crippen LogP) is 1.95. The summed E-state index contributed by atoms with van der Waals surface area (Å²) in [5, 5.41) is 9.90. The van der Waals surface area contributed by atoms with Crippen LogP contribution in [-0.4, -0.2) is 11.7 Å². The maximum absolute atomic E-state index is 9.90. The lowest BCUT2D eigenvalue weighted by atomic mass is 9.97. The summed E-state index contributed by atoms with van der Waals surface area (Å²) in [6, 6.07) is 8.19. The zero-order valence-corrected chi connectivity index (χ0v) is 8.32. The minimum atomic E-state index is -0.378. The average molecular weight is 191 g/mol. The summed E-state index contributed by atoms with van der Waals surface area (Å²) in [4.78, 5) is 0. The van der Waals surface area contributed by atoms with Crippen LogP contribution in [0.3, 0.4) is 0 Å². The number of aliphatic hydroxyl groups excluding tert-OH is 1. The van der Waals surface area contributed by atoms with Crippen LogP contribution in [0.2, 0.25) is 0 Å². The lowest BCUT2D eigenvalue weighted by Crippen LogP contribution is -2.08. The third-order valence-electron chi connectivity index (χ3n) is 2.81. The van der Waals surface area contributed by atoms with E-state index in [0.717, 1.165) is 5.56 Å². The molecule has 1 aliphatic rings. The average Bonchev–Trinajstić information content (AvgIpc) is 3.01. The van der Waals surface area contributed by atoms with E-state index in [2.05, 4.69) is 6.07 Å². The maximum Gasteiger partial charge on any atom is 0.0804 e. The highest BCUT2D eigenvalue weighted by molar-refractivity contribution is 5.34. The largest absolute Gasteiger partial charge is 0.388 e. The fraction of sp³-hybridized carbons (Fsp3) is 0.500. The molecule has 0 aliphatic heterocycles. The summed E-state index contributed by atoms with van der Waals surface area (Å²) >= 11 is 0. The molecule has 2 nitrogen and oxygen atoms in total. The van der Waals surface area contributed by atoms with Crippen molar-refractivity contribution in [3.63, 3.8) is 0 Å². The van der Waals surface area contributed by atoms with Gasteiger partial charge < -0.3 is 10.8 Å². The molecule has 0 unspecified atom stereocenters. The molecular formula is C12H17NO. The van der Waals surface area contributed by atoms with Gasteiger partial charge in [-0.25, -0.2) is 0 Å². The molecule has 0 bridgehead atoms. The molecule has 1 aromatic rings. The maximum atomic E-state index is 9.90. The van der Waals surface area contributed by atoms with Crippen molar-refractivity contribution in [1.29, 1.82) is 0 Å². The van der Waals surface area contributed by atoms with Crippen molar-refractivity contribution in [2.75, 3.05) is 6.54 Å². The Bertz CT molecular complexity index is 307. The fourth-order valence-electron chi connectivity index (χ4n) is 1.89. The molecule has 3 N–H and O–H groups in total. The molecule has 1 atom stereocenters. The number of nitrogens with two attached hydrogens (primary N) is 1. The van der Waals surface area contributed by atoms with Crippen LogP contribution in [0.15, 0.2) is 24.3 Å². The smallest absolute Gasteiger partial charge is 0.0804 e. The van der Waals surface area contributed by atoms with E-state index in [-0.39, 0.29) is 6.10 Å². The molecule has 0 amide bonds. The zero-order chi connectivity index (χ0) is 9.97. The van der Waals surface area contributed by atoms with E-state index in [1.54, 1.807) is 0 Å². The molecule has 14 heavy (non-hydrogen) atoms. The third kappa shape index (κ3) is 1.97. The first-order valence-corrected chi connectivity index (χ1v) is 5.30. The van der Waals surface area contributed by atoms with E-state index in [1.807, 2.05) is 18.2 Å². The molecule has 0 spiro atoms. The lowest BCUT2D eigenvalue weighted by molar-refractivity contribution is 0.169. The third-order valence-corrected chi connectivity index (χ3v) is 2.81. The minimum Gasteiger partial charge on any atom is -0.388 e. The molecule has 0 radical (unpaired) electrons. The second-order valence-electron chi connectivity index (χ2n) is 4.00. The van der Waals surface area contributed by atoms with Gasteiger partial charge in [0.1, 0.15) is 0 Å². The van der Waals surface area contributed by atoms with E-state index in [4.69, 9.17) is 5.73 Å². The second-order valence-corrected chi connectivity index (χ2v) is 4.00. The molecule has 76 valence electrons. The van der Waals surface area contributed by atoms with Crippen molar-refractivity contribution < 1.29 is 5.11 Å². The van der Waals surface area contributed by atoms with Crippen LogP contribution >= 0.6 is 0 Å². The van der Waals surface area contributed by atoms with Crippen LogP contribution in [0.1, 0.15) is 42.4 Å². The first kappa shape index (κ1) is 9.69. The number of aliphatic hydroxyl groups is 1. The highest BCUT2D eigenvalue weighted by Gasteiger charge is 2.27. The molecule has 0 saturated heterocycles. The van der Waals surface area contributed by atoms with Gasteiger partial charge >= 0.3 is 0 Å². The summed E-state index contributed by atoms with van der Waals surface area (Å²) in [6.07, 6.45) is 2.82. The molecule has 0 aromatic heterocycles. The fourth-order valence-corrected chi connectivity index (χ4v) is 1.89. The molecule has 1 aromatic carbocycles. The first-order chi connectivity index (χ1) is 6.83. The van der Waals surface area contributed by atoms with Crippen molar-refractivity contribution in [1.82, 2.24) is 0 Å². The van der Waals surface area contributed by atoms with Crippen molar-refractivity contribution in [2.45, 2.75) is 31.3 Å². The van der Waals surface area contributed by atoms with Crippen LogP contribution in [-0.2, 0) is 0 Å². The SMILES string of the molecule is NCC[C@H](O)c1ccccc1C1CC1. The molecular weight excluding hydrogens is 174 g/mol. The van der Waals surface area contributed by atoms with E-state index < -0.39 is 0 Å². The van der Waals surface area contributed by atoms with Gasteiger partial charge in [-0.05, 0) is 42.9 Å². The molecule has 2 rings (SSSR count). The Morgan fingerprint density at radius 2 is 2.07 bits per heavy atom. The van der Waals surface area contributed by atoms with E-state index in [9.17, 15) is 5.11 Å². The highest BCUT2D eigenvalue weighted by Crippen LogP contribution is 2.43. The Hall–Kier alpha value is -0.860. The van der Waals surface area contributed by atoms with Gasteiger partial charge in [0.25, 0.3) is 0 Å². The van der Waals surface area contributed by atoms with E-state index >= 15 is 0 Å². The van der Waals surface area contributed by atoms with Crippen LogP contribution < -0.4 is 5.73 Å². The summed E-state index contributed by atoms with van der Waals surface area (Å²) in [5.41, 5.74) is 7.86. The Kier molecular flexibility index (Phi) is 2.85. The molecule has 0 heterocycles. The summed E-state index contributed by atoms with van der Waals surface area (Å²) in [6.45, 7) is 0.542. The van der Waals surface area contributed by atoms with Crippen LogP contribution in [0, 0.1) is 0 Å². The molecule has 1 aliphatic carbocycles. The number of rotatable bonds is 4. The number of benzene rings is 1. The lowest BCUT2D eigenvalue weighted by Gasteiger charge is -2.14. The van der Waals surface area contributed by atoms with Gasteiger partial charge in [0, 0.05) is 0 Å². The monoisotopic (exact) mass is 191 g/mol. The Morgan fingerprint density at radius 3 is 2.71 bits per heavy atom.